The molecule has 102 valence electrons. The zero-order chi connectivity index (χ0) is 13.5. The first-order valence-electron chi connectivity index (χ1n) is 6.35. The average molecular weight is 244 g/mol. The molecule has 0 rings (SSSR count). The molecule has 0 aliphatic carbocycles. The van der Waals surface area contributed by atoms with Gasteiger partial charge in [0.1, 0.15) is 5.60 Å². The Kier molecular flexibility index (Phi) is 7.39. The number of ether oxygens (including phenoxy) is 1. The lowest BCUT2D eigenvalue weighted by Gasteiger charge is -2.21. The molecule has 0 aromatic rings. The van der Waals surface area contributed by atoms with Gasteiger partial charge in [0.05, 0.1) is 6.42 Å². The summed E-state index contributed by atoms with van der Waals surface area (Å²) in [6, 6.07) is 0.558. The molecule has 4 nitrogen and oxygen atoms in total. The maximum Gasteiger partial charge on any atom is 0.307 e. The number of nitrogens with zero attached hydrogens (tertiary/aromatic N) is 1. The Balaban J connectivity index is 3.49. The normalized spacial score (nSPS) is 12.2. The maximum absolute atomic E-state index is 11.4. The Labute approximate surface area is 106 Å². The highest BCUT2D eigenvalue weighted by Gasteiger charge is 2.15. The van der Waals surface area contributed by atoms with Gasteiger partial charge in [-0.1, -0.05) is 0 Å². The minimum Gasteiger partial charge on any atom is -0.460 e. The molecule has 0 heterocycles. The first-order chi connectivity index (χ1) is 7.72. The van der Waals surface area contributed by atoms with Gasteiger partial charge in [-0.15, -0.1) is 0 Å². The summed E-state index contributed by atoms with van der Waals surface area (Å²) in [5.74, 6) is -0.137. The van der Waals surface area contributed by atoms with Crippen LogP contribution in [0.2, 0.25) is 0 Å². The fourth-order valence-corrected chi connectivity index (χ4v) is 1.22. The van der Waals surface area contributed by atoms with Gasteiger partial charge in [0.25, 0.3) is 0 Å². The van der Waals surface area contributed by atoms with Crippen LogP contribution in [0.1, 0.15) is 41.0 Å². The molecule has 0 radical (unpaired) electrons. The van der Waals surface area contributed by atoms with Crippen LogP contribution in [-0.4, -0.2) is 49.2 Å². The number of likely N-dealkylation sites (N-methyl/N-ethyl adjacent to an activating group) is 1. The van der Waals surface area contributed by atoms with Crippen molar-refractivity contribution in [3.05, 3.63) is 0 Å². The second-order valence-corrected chi connectivity index (χ2v) is 5.66. The maximum atomic E-state index is 11.4. The Morgan fingerprint density at radius 1 is 1.29 bits per heavy atom. The van der Waals surface area contributed by atoms with Gasteiger partial charge in [-0.3, -0.25) is 4.79 Å². The van der Waals surface area contributed by atoms with Crippen LogP contribution in [-0.2, 0) is 9.53 Å². The minimum atomic E-state index is -0.380. The lowest BCUT2D eigenvalue weighted by molar-refractivity contribution is -0.154. The number of esters is 1. The lowest BCUT2D eigenvalue weighted by Crippen LogP contribution is -2.34. The van der Waals surface area contributed by atoms with Gasteiger partial charge >= 0.3 is 5.97 Å². The SMILES string of the molecule is CC(C)N(C)CCNCCC(=O)OC(C)(C)C. The predicted molar refractivity (Wildman–Crippen MR) is 71.1 cm³/mol. The highest BCUT2D eigenvalue weighted by atomic mass is 16.6. The summed E-state index contributed by atoms with van der Waals surface area (Å²) in [5.41, 5.74) is -0.380. The smallest absolute Gasteiger partial charge is 0.307 e. The number of rotatable bonds is 7. The van der Waals surface area contributed by atoms with E-state index in [0.29, 0.717) is 19.0 Å². The van der Waals surface area contributed by atoms with Crippen LogP contribution in [0.15, 0.2) is 0 Å². The summed E-state index contributed by atoms with van der Waals surface area (Å²) in [6.45, 7) is 12.6. The van der Waals surface area contributed by atoms with Crippen molar-refractivity contribution < 1.29 is 9.53 Å². The van der Waals surface area contributed by atoms with Crippen LogP contribution in [0, 0.1) is 0 Å². The highest BCUT2D eigenvalue weighted by molar-refractivity contribution is 5.70. The third-order valence-electron chi connectivity index (χ3n) is 2.45. The summed E-state index contributed by atoms with van der Waals surface area (Å²) in [5, 5.41) is 3.25. The van der Waals surface area contributed by atoms with Crippen LogP contribution in [0.3, 0.4) is 0 Å². The molecule has 0 bridgehead atoms. The van der Waals surface area contributed by atoms with Gasteiger partial charge in [0, 0.05) is 25.7 Å². The quantitative estimate of drug-likeness (QED) is 0.546. The molecular formula is C13H28N2O2. The van der Waals surface area contributed by atoms with E-state index >= 15 is 0 Å². The number of nitrogens with one attached hydrogen (secondary N) is 1. The third-order valence-corrected chi connectivity index (χ3v) is 2.45. The number of hydrogen-bond acceptors (Lipinski definition) is 4. The van der Waals surface area contributed by atoms with Gasteiger partial charge < -0.3 is 15.0 Å². The topological polar surface area (TPSA) is 41.6 Å². The van der Waals surface area contributed by atoms with Gasteiger partial charge in [0.2, 0.25) is 0 Å². The molecule has 0 saturated heterocycles. The van der Waals surface area contributed by atoms with Crippen molar-refractivity contribution in [2.24, 2.45) is 0 Å². The average Bonchev–Trinajstić information content (AvgIpc) is 2.13. The molecule has 0 amide bonds. The molecule has 0 unspecified atom stereocenters. The highest BCUT2D eigenvalue weighted by Crippen LogP contribution is 2.07. The van der Waals surface area contributed by atoms with Gasteiger partial charge in [0.15, 0.2) is 0 Å². The molecule has 0 aromatic heterocycles. The van der Waals surface area contributed by atoms with Crippen LogP contribution in [0.25, 0.3) is 0 Å². The first kappa shape index (κ1) is 16.4. The summed E-state index contributed by atoms with van der Waals surface area (Å²) in [7, 11) is 2.10. The number of hydrogen-bond donors (Lipinski definition) is 1. The van der Waals surface area contributed by atoms with E-state index in [1.807, 2.05) is 20.8 Å². The first-order valence-corrected chi connectivity index (χ1v) is 6.35. The lowest BCUT2D eigenvalue weighted by atomic mass is 10.2. The molecule has 17 heavy (non-hydrogen) atoms. The molecule has 0 spiro atoms. The fraction of sp³-hybridized carbons (Fsp3) is 0.923. The van der Waals surface area contributed by atoms with E-state index < -0.39 is 0 Å². The molecule has 4 heteroatoms. The van der Waals surface area contributed by atoms with Gasteiger partial charge in [-0.2, -0.15) is 0 Å². The molecule has 0 fully saturated rings. The van der Waals surface area contributed by atoms with Crippen LogP contribution >= 0.6 is 0 Å². The van der Waals surface area contributed by atoms with Gasteiger partial charge in [-0.25, -0.2) is 0 Å². The van der Waals surface area contributed by atoms with E-state index in [2.05, 4.69) is 31.1 Å². The molecule has 0 aliphatic rings. The monoisotopic (exact) mass is 244 g/mol. The number of carbonyl (C=O) groups excluding carboxylic acids is 1. The molecule has 1 N–H and O–H groups in total. The van der Waals surface area contributed by atoms with Crippen molar-refractivity contribution in [1.29, 1.82) is 0 Å². The van der Waals surface area contributed by atoms with Crippen molar-refractivity contribution in [1.82, 2.24) is 10.2 Å². The van der Waals surface area contributed by atoms with Crippen LogP contribution < -0.4 is 5.32 Å². The fourth-order valence-electron chi connectivity index (χ4n) is 1.22. The Hall–Kier alpha value is -0.610. The molecule has 0 saturated carbocycles. The van der Waals surface area contributed by atoms with Crippen molar-refractivity contribution in [3.8, 4) is 0 Å². The van der Waals surface area contributed by atoms with Crippen molar-refractivity contribution in [2.45, 2.75) is 52.7 Å². The van der Waals surface area contributed by atoms with Gasteiger partial charge in [-0.05, 0) is 41.7 Å². The standard InChI is InChI=1S/C13H28N2O2/c1-11(2)15(6)10-9-14-8-7-12(16)17-13(3,4)5/h11,14H,7-10H2,1-6H3. The third kappa shape index (κ3) is 10.3. The summed E-state index contributed by atoms with van der Waals surface area (Å²) in [6.07, 6.45) is 0.433. The molecule has 0 aliphatic heterocycles. The summed E-state index contributed by atoms with van der Waals surface area (Å²) in [4.78, 5) is 13.7. The van der Waals surface area contributed by atoms with E-state index in [4.69, 9.17) is 4.74 Å². The van der Waals surface area contributed by atoms with E-state index in [0.717, 1.165) is 13.1 Å². The zero-order valence-electron chi connectivity index (χ0n) is 12.2. The molecule has 0 atom stereocenters. The Bertz CT molecular complexity index is 222. The Morgan fingerprint density at radius 2 is 1.88 bits per heavy atom. The largest absolute Gasteiger partial charge is 0.460 e. The van der Waals surface area contributed by atoms with Crippen molar-refractivity contribution >= 4 is 5.97 Å². The van der Waals surface area contributed by atoms with E-state index in [1.165, 1.54) is 0 Å². The predicted octanol–water partition coefficient (Wildman–Crippen LogP) is 1.65. The number of carbonyl (C=O) groups is 1. The van der Waals surface area contributed by atoms with E-state index in [9.17, 15) is 4.79 Å². The molecular weight excluding hydrogens is 216 g/mol. The van der Waals surface area contributed by atoms with Crippen molar-refractivity contribution in [3.63, 3.8) is 0 Å². The van der Waals surface area contributed by atoms with E-state index in [-0.39, 0.29) is 11.6 Å². The second-order valence-electron chi connectivity index (χ2n) is 5.66. The second kappa shape index (κ2) is 7.67. The summed E-state index contributed by atoms with van der Waals surface area (Å²) >= 11 is 0. The van der Waals surface area contributed by atoms with Crippen molar-refractivity contribution in [2.75, 3.05) is 26.7 Å². The Morgan fingerprint density at radius 3 is 2.35 bits per heavy atom. The van der Waals surface area contributed by atoms with E-state index in [1.54, 1.807) is 0 Å². The summed E-state index contributed by atoms with van der Waals surface area (Å²) < 4.78 is 5.21. The zero-order valence-corrected chi connectivity index (χ0v) is 12.2. The minimum absolute atomic E-state index is 0.137. The van der Waals surface area contributed by atoms with Crippen LogP contribution in [0.4, 0.5) is 0 Å². The van der Waals surface area contributed by atoms with Crippen LogP contribution in [0.5, 0.6) is 0 Å². The molecule has 0 aromatic carbocycles.